The number of fused-ring (bicyclic) bond motifs is 1. The van der Waals surface area contributed by atoms with E-state index in [1.54, 1.807) is 5.57 Å². The number of anilines is 2. The van der Waals surface area contributed by atoms with Crippen LogP contribution in [0.1, 0.15) is 32.1 Å². The maximum absolute atomic E-state index is 5.99. The third-order valence-electron chi connectivity index (χ3n) is 3.95. The minimum absolute atomic E-state index is 0.786. The number of aromatic nitrogens is 1. The highest BCUT2D eigenvalue weighted by Gasteiger charge is 2.06. The third-order valence-corrected chi connectivity index (χ3v) is 3.95. The van der Waals surface area contributed by atoms with Gasteiger partial charge in [-0.1, -0.05) is 11.6 Å². The molecule has 1 aromatic carbocycles. The lowest BCUT2D eigenvalue weighted by Crippen LogP contribution is -2.05. The van der Waals surface area contributed by atoms with Crippen LogP contribution in [0.5, 0.6) is 0 Å². The standard InChI is InChI=1S/C17H21N3/c18-15-8-9-16(17-14(15)7-4-11-20-17)19-12-10-13-5-2-1-3-6-13/h4-5,7-9,11,19H,1-3,6,10,12,18H2. The van der Waals surface area contributed by atoms with Gasteiger partial charge in [0.15, 0.2) is 0 Å². The van der Waals surface area contributed by atoms with Crippen molar-refractivity contribution in [1.82, 2.24) is 4.98 Å². The first-order valence-corrected chi connectivity index (χ1v) is 7.39. The van der Waals surface area contributed by atoms with Gasteiger partial charge in [-0.2, -0.15) is 0 Å². The second-order valence-electron chi connectivity index (χ2n) is 5.39. The van der Waals surface area contributed by atoms with Crippen LogP contribution in [0.25, 0.3) is 10.9 Å². The molecule has 3 nitrogen and oxygen atoms in total. The topological polar surface area (TPSA) is 50.9 Å². The van der Waals surface area contributed by atoms with Crippen molar-refractivity contribution in [2.45, 2.75) is 32.1 Å². The molecule has 0 saturated carbocycles. The Bertz CT molecular complexity index is 631. The minimum atomic E-state index is 0.786. The fourth-order valence-electron chi connectivity index (χ4n) is 2.83. The molecule has 0 aliphatic heterocycles. The van der Waals surface area contributed by atoms with Gasteiger partial charge in [-0.15, -0.1) is 0 Å². The number of nitrogens with two attached hydrogens (primary N) is 1. The molecule has 3 heteroatoms. The summed E-state index contributed by atoms with van der Waals surface area (Å²) in [5, 5.41) is 4.53. The second kappa shape index (κ2) is 5.95. The SMILES string of the molecule is Nc1ccc(NCCC2=CCCCC2)c2ncccc12. The number of nitrogens with one attached hydrogen (secondary N) is 1. The molecule has 20 heavy (non-hydrogen) atoms. The first kappa shape index (κ1) is 13.0. The third kappa shape index (κ3) is 2.77. The van der Waals surface area contributed by atoms with Crippen molar-refractivity contribution in [3.8, 4) is 0 Å². The van der Waals surface area contributed by atoms with E-state index < -0.39 is 0 Å². The Morgan fingerprint density at radius 2 is 2.15 bits per heavy atom. The molecule has 0 unspecified atom stereocenters. The molecule has 1 heterocycles. The largest absolute Gasteiger partial charge is 0.398 e. The first-order chi connectivity index (χ1) is 9.84. The molecule has 1 aliphatic rings. The average Bonchev–Trinajstić information content (AvgIpc) is 2.51. The zero-order valence-corrected chi connectivity index (χ0v) is 11.7. The Morgan fingerprint density at radius 3 is 3.00 bits per heavy atom. The highest BCUT2D eigenvalue weighted by atomic mass is 14.9. The smallest absolute Gasteiger partial charge is 0.0953 e. The van der Waals surface area contributed by atoms with Crippen molar-refractivity contribution in [3.05, 3.63) is 42.1 Å². The van der Waals surface area contributed by atoms with Crippen molar-refractivity contribution in [3.63, 3.8) is 0 Å². The van der Waals surface area contributed by atoms with Gasteiger partial charge >= 0.3 is 0 Å². The Balaban J connectivity index is 1.71. The fourth-order valence-corrected chi connectivity index (χ4v) is 2.83. The van der Waals surface area contributed by atoms with E-state index in [0.29, 0.717) is 0 Å². The van der Waals surface area contributed by atoms with Gasteiger partial charge in [-0.3, -0.25) is 4.98 Å². The normalized spacial score (nSPS) is 15.1. The number of benzene rings is 1. The van der Waals surface area contributed by atoms with Crippen LogP contribution in [0.2, 0.25) is 0 Å². The van der Waals surface area contributed by atoms with Crippen LogP contribution in [0, 0.1) is 0 Å². The van der Waals surface area contributed by atoms with E-state index in [1.165, 1.54) is 25.7 Å². The summed E-state index contributed by atoms with van der Waals surface area (Å²) in [6, 6.07) is 7.92. The van der Waals surface area contributed by atoms with Gasteiger partial charge < -0.3 is 11.1 Å². The maximum Gasteiger partial charge on any atom is 0.0953 e. The van der Waals surface area contributed by atoms with Crippen LogP contribution in [0.15, 0.2) is 42.1 Å². The van der Waals surface area contributed by atoms with Crippen LogP contribution in [0.4, 0.5) is 11.4 Å². The molecule has 0 spiro atoms. The van der Waals surface area contributed by atoms with Gasteiger partial charge in [0.25, 0.3) is 0 Å². The quantitative estimate of drug-likeness (QED) is 0.647. The van der Waals surface area contributed by atoms with Crippen molar-refractivity contribution >= 4 is 22.3 Å². The Kier molecular flexibility index (Phi) is 3.86. The summed E-state index contributed by atoms with van der Waals surface area (Å²) in [7, 11) is 0. The van der Waals surface area contributed by atoms with Crippen LogP contribution >= 0.6 is 0 Å². The molecule has 104 valence electrons. The van der Waals surface area contributed by atoms with Crippen LogP contribution < -0.4 is 11.1 Å². The van der Waals surface area contributed by atoms with E-state index in [9.17, 15) is 0 Å². The highest BCUT2D eigenvalue weighted by Crippen LogP contribution is 2.26. The van der Waals surface area contributed by atoms with E-state index in [-0.39, 0.29) is 0 Å². The van der Waals surface area contributed by atoms with Crippen molar-refractivity contribution in [2.24, 2.45) is 0 Å². The van der Waals surface area contributed by atoms with Gasteiger partial charge in [-0.25, -0.2) is 0 Å². The predicted molar refractivity (Wildman–Crippen MR) is 85.8 cm³/mol. The number of allylic oxidation sites excluding steroid dienone is 1. The molecule has 1 aromatic heterocycles. The number of nitrogens with zero attached hydrogens (tertiary/aromatic N) is 1. The molecule has 3 rings (SSSR count). The second-order valence-corrected chi connectivity index (χ2v) is 5.39. The van der Waals surface area contributed by atoms with E-state index in [4.69, 9.17) is 5.73 Å². The molecular weight excluding hydrogens is 246 g/mol. The minimum Gasteiger partial charge on any atom is -0.398 e. The van der Waals surface area contributed by atoms with Crippen LogP contribution in [0.3, 0.4) is 0 Å². The molecule has 0 saturated heterocycles. The highest BCUT2D eigenvalue weighted by molar-refractivity contribution is 5.98. The first-order valence-electron chi connectivity index (χ1n) is 7.39. The lowest BCUT2D eigenvalue weighted by atomic mass is 9.97. The predicted octanol–water partition coefficient (Wildman–Crippen LogP) is 4.12. The molecule has 0 bridgehead atoms. The van der Waals surface area contributed by atoms with E-state index >= 15 is 0 Å². The van der Waals surface area contributed by atoms with Crippen molar-refractivity contribution < 1.29 is 0 Å². The molecule has 1 aliphatic carbocycles. The molecule has 0 radical (unpaired) electrons. The lowest BCUT2D eigenvalue weighted by molar-refractivity contribution is 0.679. The van der Waals surface area contributed by atoms with Gasteiger partial charge in [-0.05, 0) is 56.4 Å². The monoisotopic (exact) mass is 267 g/mol. The summed E-state index contributed by atoms with van der Waals surface area (Å²) in [6.45, 7) is 0.960. The number of pyridine rings is 1. The molecular formula is C17H21N3. The maximum atomic E-state index is 5.99. The molecule has 3 N–H and O–H groups in total. The zero-order valence-electron chi connectivity index (χ0n) is 11.7. The van der Waals surface area contributed by atoms with Crippen molar-refractivity contribution in [1.29, 1.82) is 0 Å². The zero-order chi connectivity index (χ0) is 13.8. The molecule has 0 atom stereocenters. The fraction of sp³-hybridized carbons (Fsp3) is 0.353. The van der Waals surface area contributed by atoms with Gasteiger partial charge in [0.05, 0.1) is 11.2 Å². The van der Waals surface area contributed by atoms with Crippen molar-refractivity contribution in [2.75, 3.05) is 17.6 Å². The Labute approximate surface area is 119 Å². The Hall–Kier alpha value is -2.03. The summed E-state index contributed by atoms with van der Waals surface area (Å²) in [5.41, 5.74) is 10.4. The summed E-state index contributed by atoms with van der Waals surface area (Å²) in [4.78, 5) is 4.45. The van der Waals surface area contributed by atoms with Crippen LogP contribution in [-0.4, -0.2) is 11.5 Å². The van der Waals surface area contributed by atoms with Gasteiger partial charge in [0.1, 0.15) is 0 Å². The summed E-state index contributed by atoms with van der Waals surface area (Å²) in [6.07, 6.45) is 10.6. The van der Waals surface area contributed by atoms with E-state index in [1.807, 2.05) is 30.5 Å². The number of nitrogen functional groups attached to an aromatic ring is 1. The lowest BCUT2D eigenvalue weighted by Gasteiger charge is -2.14. The average molecular weight is 267 g/mol. The van der Waals surface area contributed by atoms with Gasteiger partial charge in [0.2, 0.25) is 0 Å². The molecule has 0 fully saturated rings. The summed E-state index contributed by atoms with van der Waals surface area (Å²) < 4.78 is 0. The molecule has 0 amide bonds. The molecule has 2 aromatic rings. The van der Waals surface area contributed by atoms with Gasteiger partial charge in [0, 0.05) is 23.8 Å². The van der Waals surface area contributed by atoms with Crippen LogP contribution in [-0.2, 0) is 0 Å². The number of hydrogen-bond donors (Lipinski definition) is 2. The van der Waals surface area contributed by atoms with E-state index in [2.05, 4.69) is 16.4 Å². The number of hydrogen-bond acceptors (Lipinski definition) is 3. The summed E-state index contributed by atoms with van der Waals surface area (Å²) in [5.74, 6) is 0. The van der Waals surface area contributed by atoms with E-state index in [0.717, 1.165) is 35.2 Å². The number of rotatable bonds is 4. The summed E-state index contributed by atoms with van der Waals surface area (Å²) >= 11 is 0. The Morgan fingerprint density at radius 1 is 1.20 bits per heavy atom.